The second kappa shape index (κ2) is 7.93. The largest absolute Gasteiger partial charge is 0.463 e. The lowest BCUT2D eigenvalue weighted by atomic mass is 9.94. The van der Waals surface area contributed by atoms with Gasteiger partial charge in [-0.05, 0) is 19.1 Å². The maximum absolute atomic E-state index is 13.6. The molecule has 0 radical (unpaired) electrons. The molecule has 9 heteroatoms. The fourth-order valence-electron chi connectivity index (χ4n) is 3.60. The molecule has 6 nitrogen and oxygen atoms in total. The zero-order chi connectivity index (χ0) is 20.5. The molecule has 1 aromatic heterocycles. The van der Waals surface area contributed by atoms with Crippen LogP contribution in [-0.4, -0.2) is 34.8 Å². The third-order valence-corrected chi connectivity index (χ3v) is 5.91. The van der Waals surface area contributed by atoms with Gasteiger partial charge in [-0.2, -0.15) is 5.26 Å². The summed E-state index contributed by atoms with van der Waals surface area (Å²) in [4.78, 5) is 23.9. The summed E-state index contributed by atoms with van der Waals surface area (Å²) in [5, 5.41) is 12.2. The van der Waals surface area contributed by atoms with E-state index < -0.39 is 17.8 Å². The Morgan fingerprint density at radius 1 is 1.52 bits per heavy atom. The molecule has 2 atom stereocenters. The van der Waals surface area contributed by atoms with Crippen LogP contribution in [0.3, 0.4) is 0 Å². The van der Waals surface area contributed by atoms with E-state index in [1.54, 1.807) is 13.1 Å². The third kappa shape index (κ3) is 3.52. The Bertz CT molecular complexity index is 1060. The van der Waals surface area contributed by atoms with Crippen LogP contribution in [0.4, 0.5) is 4.39 Å². The summed E-state index contributed by atoms with van der Waals surface area (Å²) in [7, 11) is 0. The van der Waals surface area contributed by atoms with Gasteiger partial charge in [-0.15, -0.1) is 11.3 Å². The van der Waals surface area contributed by atoms with Crippen molar-refractivity contribution in [2.75, 3.05) is 13.2 Å². The van der Waals surface area contributed by atoms with Crippen molar-refractivity contribution in [1.29, 1.82) is 5.26 Å². The highest BCUT2D eigenvalue weighted by Gasteiger charge is 2.42. The molecule has 0 saturated carbocycles. The molecule has 4 rings (SSSR count). The number of hydrogen-bond donors (Lipinski definition) is 0. The van der Waals surface area contributed by atoms with E-state index in [9.17, 15) is 14.4 Å². The molecule has 2 aromatic rings. The summed E-state index contributed by atoms with van der Waals surface area (Å²) in [5.74, 6) is -0.706. The van der Waals surface area contributed by atoms with Crippen molar-refractivity contribution in [3.8, 4) is 6.07 Å². The average Bonchev–Trinajstić information content (AvgIpc) is 3.37. The Morgan fingerprint density at radius 2 is 2.34 bits per heavy atom. The number of amidine groups is 1. The monoisotopic (exact) mass is 430 g/mol. The Kier molecular flexibility index (Phi) is 5.35. The smallest absolute Gasteiger partial charge is 0.338 e. The first-order valence-electron chi connectivity index (χ1n) is 9.03. The number of aliphatic imine (C=N–C) groups is 1. The lowest BCUT2D eigenvalue weighted by molar-refractivity contribution is -0.139. The minimum absolute atomic E-state index is 0.169. The summed E-state index contributed by atoms with van der Waals surface area (Å²) in [6, 6.07) is 5.51. The van der Waals surface area contributed by atoms with Crippen LogP contribution in [0.15, 0.2) is 46.0 Å². The Morgan fingerprint density at radius 3 is 3.00 bits per heavy atom. The van der Waals surface area contributed by atoms with E-state index in [4.69, 9.17) is 21.3 Å². The first-order chi connectivity index (χ1) is 14.0. The number of esters is 1. The van der Waals surface area contributed by atoms with Crippen LogP contribution in [0, 0.1) is 23.1 Å². The molecule has 148 valence electrons. The number of halogens is 2. The minimum Gasteiger partial charge on any atom is -0.463 e. The highest BCUT2D eigenvalue weighted by atomic mass is 35.5. The number of nitrogens with zero attached hydrogens (tertiary/aromatic N) is 4. The molecular weight excluding hydrogens is 415 g/mol. The molecule has 0 aliphatic carbocycles. The van der Waals surface area contributed by atoms with Gasteiger partial charge in [0.05, 0.1) is 24.2 Å². The number of benzene rings is 1. The van der Waals surface area contributed by atoms with Gasteiger partial charge < -0.3 is 9.64 Å². The summed E-state index contributed by atoms with van der Waals surface area (Å²) < 4.78 is 18.9. The maximum Gasteiger partial charge on any atom is 0.338 e. The third-order valence-electron chi connectivity index (χ3n) is 4.82. The fraction of sp³-hybridized carbons (Fsp3) is 0.300. The SMILES string of the molecule is CCOC(=O)C1=C2C[C@H](C#N)CN2C(c2nccs2)=N[C@H]1c1ccc(F)cc1Cl. The summed E-state index contributed by atoms with van der Waals surface area (Å²) >= 11 is 7.73. The van der Waals surface area contributed by atoms with Crippen molar-refractivity contribution in [1.82, 2.24) is 9.88 Å². The number of aromatic nitrogens is 1. The van der Waals surface area contributed by atoms with E-state index in [1.807, 2.05) is 10.3 Å². The lowest BCUT2D eigenvalue weighted by Crippen LogP contribution is -2.35. The predicted molar refractivity (Wildman–Crippen MR) is 107 cm³/mol. The number of fused-ring (bicyclic) bond motifs is 1. The van der Waals surface area contributed by atoms with E-state index >= 15 is 0 Å². The molecule has 2 aliphatic rings. The van der Waals surface area contributed by atoms with Gasteiger partial charge in [0.2, 0.25) is 0 Å². The van der Waals surface area contributed by atoms with E-state index in [2.05, 4.69) is 11.1 Å². The van der Waals surface area contributed by atoms with Gasteiger partial charge in [-0.25, -0.2) is 14.2 Å². The molecule has 3 heterocycles. The zero-order valence-electron chi connectivity index (χ0n) is 15.4. The molecule has 2 aliphatic heterocycles. The van der Waals surface area contributed by atoms with Gasteiger partial charge in [0.25, 0.3) is 0 Å². The number of carbonyl (C=O) groups is 1. The van der Waals surface area contributed by atoms with E-state index in [0.29, 0.717) is 40.6 Å². The number of rotatable bonds is 4. The van der Waals surface area contributed by atoms with Crippen LogP contribution in [0.2, 0.25) is 5.02 Å². The Hall–Kier alpha value is -2.76. The summed E-state index contributed by atoms with van der Waals surface area (Å²) in [5.41, 5.74) is 1.51. The summed E-state index contributed by atoms with van der Waals surface area (Å²) in [6.45, 7) is 2.34. The Balaban J connectivity index is 1.92. The van der Waals surface area contributed by atoms with Crippen LogP contribution in [0.1, 0.15) is 30.0 Å². The molecule has 1 fully saturated rings. The van der Waals surface area contributed by atoms with Gasteiger partial charge in [-0.3, -0.25) is 4.99 Å². The first kappa shape index (κ1) is 19.6. The van der Waals surface area contributed by atoms with Crippen molar-refractivity contribution in [3.63, 3.8) is 0 Å². The van der Waals surface area contributed by atoms with Gasteiger partial charge in [-0.1, -0.05) is 17.7 Å². The maximum atomic E-state index is 13.6. The minimum atomic E-state index is -0.773. The quantitative estimate of drug-likeness (QED) is 0.682. The fourth-order valence-corrected chi connectivity index (χ4v) is 4.51. The van der Waals surface area contributed by atoms with Crippen molar-refractivity contribution in [2.45, 2.75) is 19.4 Å². The molecule has 0 spiro atoms. The van der Waals surface area contributed by atoms with Gasteiger partial charge in [0, 0.05) is 40.8 Å². The number of thiazole rings is 1. The number of nitriles is 1. The van der Waals surface area contributed by atoms with Gasteiger partial charge in [0.1, 0.15) is 11.9 Å². The second-order valence-electron chi connectivity index (χ2n) is 6.58. The molecule has 0 bridgehead atoms. The van der Waals surface area contributed by atoms with Crippen LogP contribution in [0.25, 0.3) is 0 Å². The first-order valence-corrected chi connectivity index (χ1v) is 10.3. The zero-order valence-corrected chi connectivity index (χ0v) is 17.0. The van der Waals surface area contributed by atoms with Gasteiger partial charge in [0.15, 0.2) is 10.8 Å². The van der Waals surface area contributed by atoms with E-state index in [-0.39, 0.29) is 17.5 Å². The topological polar surface area (TPSA) is 78.6 Å². The highest BCUT2D eigenvalue weighted by molar-refractivity contribution is 7.11. The van der Waals surface area contributed by atoms with E-state index in [1.165, 1.54) is 29.5 Å². The molecule has 0 amide bonds. The van der Waals surface area contributed by atoms with Crippen LogP contribution in [-0.2, 0) is 9.53 Å². The highest BCUT2D eigenvalue weighted by Crippen LogP contribution is 2.43. The number of allylic oxidation sites excluding steroid dienone is 1. The molecule has 1 aromatic carbocycles. The van der Waals surface area contributed by atoms with Crippen molar-refractivity contribution >= 4 is 34.7 Å². The van der Waals surface area contributed by atoms with Crippen LogP contribution in [0.5, 0.6) is 0 Å². The molecule has 1 saturated heterocycles. The standard InChI is InChI=1S/C20H16ClFN4O2S/c1-2-28-20(27)16-15-7-11(9-23)10-26(15)18(19-24-5-6-29-19)25-17(16)13-4-3-12(22)8-14(13)21/h3-6,8,11,17H,2,7,10H2,1H3/t11-,17+/m1/s1. The van der Waals surface area contributed by atoms with E-state index in [0.717, 1.165) is 0 Å². The number of hydrogen-bond acceptors (Lipinski definition) is 7. The second-order valence-corrected chi connectivity index (χ2v) is 7.88. The van der Waals surface area contributed by atoms with Crippen molar-refractivity contribution in [2.24, 2.45) is 10.9 Å². The number of ether oxygens (including phenoxy) is 1. The molecular formula is C20H16ClFN4O2S. The lowest BCUT2D eigenvalue weighted by Gasteiger charge is -2.31. The molecule has 0 unspecified atom stereocenters. The van der Waals surface area contributed by atoms with Crippen molar-refractivity contribution in [3.05, 3.63) is 62.5 Å². The number of carbonyl (C=O) groups excluding carboxylic acids is 1. The summed E-state index contributed by atoms with van der Waals surface area (Å²) in [6.07, 6.45) is 2.06. The van der Waals surface area contributed by atoms with Crippen LogP contribution >= 0.6 is 22.9 Å². The molecule has 29 heavy (non-hydrogen) atoms. The van der Waals surface area contributed by atoms with Gasteiger partial charge >= 0.3 is 5.97 Å². The normalized spacial score (nSPS) is 20.9. The van der Waals surface area contributed by atoms with Crippen molar-refractivity contribution < 1.29 is 13.9 Å². The predicted octanol–water partition coefficient (Wildman–Crippen LogP) is 4.10. The molecule has 0 N–H and O–H groups in total. The Labute approximate surface area is 175 Å². The average molecular weight is 431 g/mol. The van der Waals surface area contributed by atoms with Crippen LogP contribution < -0.4 is 0 Å².